The summed E-state index contributed by atoms with van der Waals surface area (Å²) in [6.45, 7) is 2.52. The molecule has 0 saturated heterocycles. The molecule has 1 atom stereocenters. The van der Waals surface area contributed by atoms with Crippen LogP contribution in [0.4, 0.5) is 4.79 Å². The number of amides is 2. The third-order valence-corrected chi connectivity index (χ3v) is 4.27. The molecule has 2 rings (SSSR count). The predicted molar refractivity (Wildman–Crippen MR) is 74.7 cm³/mol. The van der Waals surface area contributed by atoms with Gasteiger partial charge in [0.15, 0.2) is 0 Å². The SMILES string of the molecule is CC(O)(CNC(=O)N1CCc2sccc2C1)CC(=O)O. The minimum atomic E-state index is -1.44. The first-order valence-corrected chi connectivity index (χ1v) is 7.27. The van der Waals surface area contributed by atoms with Crippen LogP contribution >= 0.6 is 11.3 Å². The summed E-state index contributed by atoms with van der Waals surface area (Å²) >= 11 is 1.70. The Hall–Kier alpha value is -1.60. The summed E-state index contributed by atoms with van der Waals surface area (Å²) < 4.78 is 0. The highest BCUT2D eigenvalue weighted by atomic mass is 32.1. The summed E-state index contributed by atoms with van der Waals surface area (Å²) in [4.78, 5) is 25.6. The van der Waals surface area contributed by atoms with Crippen molar-refractivity contribution in [1.82, 2.24) is 10.2 Å². The third kappa shape index (κ3) is 3.71. The topological polar surface area (TPSA) is 89.9 Å². The van der Waals surface area contributed by atoms with Crippen LogP contribution in [0, 0.1) is 0 Å². The quantitative estimate of drug-likeness (QED) is 0.775. The van der Waals surface area contributed by atoms with Crippen LogP contribution in [0.1, 0.15) is 23.8 Å². The van der Waals surface area contributed by atoms with Crippen LogP contribution in [-0.2, 0) is 17.8 Å². The number of nitrogens with zero attached hydrogens (tertiary/aromatic N) is 1. The molecule has 1 aromatic rings. The Labute approximate surface area is 121 Å². The fourth-order valence-corrected chi connectivity index (χ4v) is 3.08. The van der Waals surface area contributed by atoms with Crippen LogP contribution in [0.3, 0.4) is 0 Å². The van der Waals surface area contributed by atoms with Crippen molar-refractivity contribution in [2.75, 3.05) is 13.1 Å². The molecule has 0 aromatic carbocycles. The van der Waals surface area contributed by atoms with Gasteiger partial charge < -0.3 is 20.4 Å². The molecule has 2 heterocycles. The summed E-state index contributed by atoms with van der Waals surface area (Å²) in [6.07, 6.45) is 0.438. The molecule has 0 fully saturated rings. The van der Waals surface area contributed by atoms with Crippen LogP contribution in [0.25, 0.3) is 0 Å². The molecule has 1 aromatic heterocycles. The summed E-state index contributed by atoms with van der Waals surface area (Å²) in [7, 11) is 0. The Morgan fingerprint density at radius 3 is 3.00 bits per heavy atom. The van der Waals surface area contributed by atoms with E-state index in [9.17, 15) is 14.7 Å². The maximum atomic E-state index is 12.0. The number of urea groups is 1. The lowest BCUT2D eigenvalue weighted by molar-refractivity contribution is -0.141. The number of nitrogens with one attached hydrogen (secondary N) is 1. The lowest BCUT2D eigenvalue weighted by atomic mass is 10.0. The average Bonchev–Trinajstić information content (AvgIpc) is 2.81. The Kier molecular flexibility index (Phi) is 4.29. The van der Waals surface area contributed by atoms with Crippen molar-refractivity contribution in [2.24, 2.45) is 0 Å². The van der Waals surface area contributed by atoms with E-state index in [-0.39, 0.29) is 12.6 Å². The second-order valence-corrected chi connectivity index (χ2v) is 6.27. The van der Waals surface area contributed by atoms with E-state index in [4.69, 9.17) is 5.11 Å². The first-order valence-electron chi connectivity index (χ1n) is 6.39. The number of carboxylic acids is 1. The van der Waals surface area contributed by atoms with Gasteiger partial charge in [0, 0.05) is 24.5 Å². The minimum Gasteiger partial charge on any atom is -0.481 e. The van der Waals surface area contributed by atoms with Crippen molar-refractivity contribution in [2.45, 2.75) is 31.9 Å². The van der Waals surface area contributed by atoms with Gasteiger partial charge in [-0.1, -0.05) is 0 Å². The molecule has 0 bridgehead atoms. The van der Waals surface area contributed by atoms with Crippen molar-refractivity contribution >= 4 is 23.3 Å². The molecule has 1 aliphatic rings. The van der Waals surface area contributed by atoms with Gasteiger partial charge >= 0.3 is 12.0 Å². The number of hydrogen-bond acceptors (Lipinski definition) is 4. The van der Waals surface area contributed by atoms with Gasteiger partial charge in [0.1, 0.15) is 0 Å². The summed E-state index contributed by atoms with van der Waals surface area (Å²) in [6, 6.07) is 1.74. The first kappa shape index (κ1) is 14.8. The molecule has 1 aliphatic heterocycles. The fourth-order valence-electron chi connectivity index (χ4n) is 2.19. The van der Waals surface area contributed by atoms with Crippen molar-refractivity contribution in [3.05, 3.63) is 21.9 Å². The molecule has 7 heteroatoms. The van der Waals surface area contributed by atoms with Crippen molar-refractivity contribution < 1.29 is 19.8 Å². The van der Waals surface area contributed by atoms with Crippen LogP contribution in [-0.4, -0.2) is 45.8 Å². The normalized spacial score (nSPS) is 17.2. The van der Waals surface area contributed by atoms with Crippen LogP contribution in [0.15, 0.2) is 11.4 Å². The number of rotatable bonds is 4. The second kappa shape index (κ2) is 5.80. The highest BCUT2D eigenvalue weighted by molar-refractivity contribution is 7.10. The van der Waals surface area contributed by atoms with Gasteiger partial charge in [-0.05, 0) is 30.4 Å². The zero-order valence-corrected chi connectivity index (χ0v) is 12.1. The Bertz CT molecular complexity index is 512. The highest BCUT2D eigenvalue weighted by Crippen LogP contribution is 2.23. The van der Waals surface area contributed by atoms with Crippen LogP contribution in [0.2, 0.25) is 0 Å². The monoisotopic (exact) mass is 298 g/mol. The molecular formula is C13H18N2O4S. The maximum Gasteiger partial charge on any atom is 0.317 e. The van der Waals surface area contributed by atoms with Gasteiger partial charge in [-0.2, -0.15) is 0 Å². The number of carbonyl (C=O) groups is 2. The van der Waals surface area contributed by atoms with E-state index >= 15 is 0 Å². The summed E-state index contributed by atoms with van der Waals surface area (Å²) in [5.74, 6) is -1.09. The van der Waals surface area contributed by atoms with E-state index < -0.39 is 18.0 Å². The van der Waals surface area contributed by atoms with Crippen LogP contribution < -0.4 is 5.32 Å². The number of thiophene rings is 1. The molecule has 0 aliphatic carbocycles. The number of fused-ring (bicyclic) bond motifs is 1. The molecule has 20 heavy (non-hydrogen) atoms. The standard InChI is InChI=1S/C13H18N2O4S/c1-13(19,6-11(16)17)8-14-12(18)15-4-2-10-9(7-15)3-5-20-10/h3,5,19H,2,4,6-8H2,1H3,(H,14,18)(H,16,17). The maximum absolute atomic E-state index is 12.0. The summed E-state index contributed by atoms with van der Waals surface area (Å²) in [5.41, 5.74) is -0.279. The zero-order chi connectivity index (χ0) is 14.8. The van der Waals surface area contributed by atoms with E-state index in [2.05, 4.69) is 5.32 Å². The second-order valence-electron chi connectivity index (χ2n) is 5.27. The Morgan fingerprint density at radius 1 is 1.55 bits per heavy atom. The van der Waals surface area contributed by atoms with Crippen molar-refractivity contribution in [1.29, 1.82) is 0 Å². The molecule has 0 saturated carbocycles. The largest absolute Gasteiger partial charge is 0.481 e. The molecule has 6 nitrogen and oxygen atoms in total. The van der Waals surface area contributed by atoms with E-state index in [1.54, 1.807) is 16.2 Å². The van der Waals surface area contributed by atoms with Gasteiger partial charge in [0.25, 0.3) is 0 Å². The zero-order valence-electron chi connectivity index (χ0n) is 11.3. The first-order chi connectivity index (χ1) is 9.37. The number of hydrogen-bond donors (Lipinski definition) is 3. The Balaban J connectivity index is 1.86. The van der Waals surface area contributed by atoms with Crippen LogP contribution in [0.5, 0.6) is 0 Å². The highest BCUT2D eigenvalue weighted by Gasteiger charge is 2.27. The molecule has 0 spiro atoms. The van der Waals surface area contributed by atoms with E-state index in [1.807, 2.05) is 11.4 Å². The van der Waals surface area contributed by atoms with E-state index in [1.165, 1.54) is 11.8 Å². The summed E-state index contributed by atoms with van der Waals surface area (Å²) in [5, 5.41) is 23.1. The van der Waals surface area contributed by atoms with Gasteiger partial charge in [-0.15, -0.1) is 11.3 Å². The molecular weight excluding hydrogens is 280 g/mol. The molecule has 2 amide bonds. The smallest absolute Gasteiger partial charge is 0.317 e. The number of carboxylic acid groups (broad SMARTS) is 1. The molecule has 3 N–H and O–H groups in total. The fraction of sp³-hybridized carbons (Fsp3) is 0.538. The number of aliphatic carboxylic acids is 1. The lowest BCUT2D eigenvalue weighted by Gasteiger charge is -2.29. The molecule has 1 unspecified atom stereocenters. The minimum absolute atomic E-state index is 0.0782. The van der Waals surface area contributed by atoms with Gasteiger partial charge in [0.2, 0.25) is 0 Å². The Morgan fingerprint density at radius 2 is 2.30 bits per heavy atom. The average molecular weight is 298 g/mol. The predicted octanol–water partition coefficient (Wildman–Crippen LogP) is 1.04. The van der Waals surface area contributed by atoms with E-state index in [0.29, 0.717) is 13.1 Å². The third-order valence-electron chi connectivity index (χ3n) is 3.25. The van der Waals surface area contributed by atoms with Crippen molar-refractivity contribution in [3.8, 4) is 0 Å². The van der Waals surface area contributed by atoms with Gasteiger partial charge in [0.05, 0.1) is 12.0 Å². The van der Waals surface area contributed by atoms with E-state index in [0.717, 1.165) is 12.0 Å². The lowest BCUT2D eigenvalue weighted by Crippen LogP contribution is -2.48. The van der Waals surface area contributed by atoms with Gasteiger partial charge in [-0.3, -0.25) is 4.79 Å². The van der Waals surface area contributed by atoms with Crippen molar-refractivity contribution in [3.63, 3.8) is 0 Å². The number of carbonyl (C=O) groups excluding carboxylic acids is 1. The molecule has 0 radical (unpaired) electrons. The number of aliphatic hydroxyl groups is 1. The molecule has 110 valence electrons. The van der Waals surface area contributed by atoms with Gasteiger partial charge in [-0.25, -0.2) is 4.79 Å².